The van der Waals surface area contributed by atoms with Crippen LogP contribution in [0.15, 0.2) is 47.5 Å². The van der Waals surface area contributed by atoms with Gasteiger partial charge in [0.05, 0.1) is 17.4 Å². The zero-order chi connectivity index (χ0) is 16.7. The third-order valence-electron chi connectivity index (χ3n) is 3.69. The van der Waals surface area contributed by atoms with E-state index in [0.29, 0.717) is 11.3 Å². The highest BCUT2D eigenvalue weighted by Gasteiger charge is 2.14. The molecule has 0 radical (unpaired) electrons. The molecular weight excluding hydrogens is 306 g/mol. The molecule has 0 aliphatic rings. The van der Waals surface area contributed by atoms with Gasteiger partial charge in [-0.15, -0.1) is 11.8 Å². The Hall–Kier alpha value is -2.19. The number of benzene rings is 1. The Labute approximate surface area is 141 Å². The van der Waals surface area contributed by atoms with E-state index in [1.165, 1.54) is 17.5 Å². The van der Waals surface area contributed by atoms with Crippen molar-refractivity contribution in [1.82, 2.24) is 9.88 Å². The minimum Gasteiger partial charge on any atom is -0.354 e. The zero-order valence-electron chi connectivity index (χ0n) is 13.5. The smallest absolute Gasteiger partial charge is 0.252 e. The first kappa shape index (κ1) is 17.2. The Balaban J connectivity index is 1.93. The number of thioether (sulfide) groups is 1. The molecule has 1 N–H and O–H groups in total. The van der Waals surface area contributed by atoms with Crippen molar-refractivity contribution < 1.29 is 4.79 Å². The molecule has 23 heavy (non-hydrogen) atoms. The van der Waals surface area contributed by atoms with Crippen molar-refractivity contribution >= 4 is 17.7 Å². The molecule has 120 valence electrons. The van der Waals surface area contributed by atoms with Crippen LogP contribution >= 0.6 is 11.8 Å². The highest BCUT2D eigenvalue weighted by molar-refractivity contribution is 7.99. The molecule has 1 aromatic heterocycles. The van der Waals surface area contributed by atoms with Gasteiger partial charge in [0.1, 0.15) is 0 Å². The topological polar surface area (TPSA) is 57.8 Å². The number of nitrogens with one attached hydrogen (secondary N) is 1. The zero-order valence-corrected chi connectivity index (χ0v) is 14.3. The van der Waals surface area contributed by atoms with Gasteiger partial charge in [-0.2, -0.15) is 5.26 Å². The van der Waals surface area contributed by atoms with Gasteiger partial charge in [-0.3, -0.25) is 4.79 Å². The summed E-state index contributed by atoms with van der Waals surface area (Å²) in [5.41, 5.74) is 1.90. The molecule has 2 aromatic rings. The largest absolute Gasteiger partial charge is 0.354 e. The lowest BCUT2D eigenvalue weighted by molar-refractivity contribution is 0.0935. The minimum atomic E-state index is -0.0783. The molecule has 0 aliphatic carbocycles. The van der Waals surface area contributed by atoms with Crippen LogP contribution in [0.3, 0.4) is 0 Å². The summed E-state index contributed by atoms with van der Waals surface area (Å²) in [6, 6.07) is 13.7. The number of amides is 1. The van der Waals surface area contributed by atoms with Gasteiger partial charge in [-0.05, 0) is 44.0 Å². The van der Waals surface area contributed by atoms with Crippen molar-refractivity contribution in [2.75, 3.05) is 5.75 Å². The van der Waals surface area contributed by atoms with Gasteiger partial charge in [0.2, 0.25) is 0 Å². The van der Waals surface area contributed by atoms with E-state index in [4.69, 9.17) is 5.26 Å². The van der Waals surface area contributed by atoms with E-state index in [2.05, 4.69) is 22.0 Å². The fraction of sp³-hybridized carbons (Fsp3) is 0.333. The normalized spacial score (nSPS) is 11.7. The second kappa shape index (κ2) is 8.44. The van der Waals surface area contributed by atoms with E-state index in [0.717, 1.165) is 17.7 Å². The van der Waals surface area contributed by atoms with Crippen molar-refractivity contribution in [3.8, 4) is 6.07 Å². The van der Waals surface area contributed by atoms with E-state index in [1.54, 1.807) is 6.07 Å². The van der Waals surface area contributed by atoms with Crippen LogP contribution in [0.5, 0.6) is 0 Å². The van der Waals surface area contributed by atoms with Gasteiger partial charge >= 0.3 is 0 Å². The molecule has 4 nitrogen and oxygen atoms in total. The molecule has 1 atom stereocenters. The first-order valence-electron chi connectivity index (χ1n) is 7.61. The monoisotopic (exact) mass is 327 g/mol. The molecule has 5 heteroatoms. The summed E-state index contributed by atoms with van der Waals surface area (Å²) in [6.07, 6.45) is 3.84. The number of nitriles is 1. The SMILES string of the molecule is C[C@@H](CCc1cccn1C)NC(=O)c1ccccc1SCC#N. The average Bonchev–Trinajstić information content (AvgIpc) is 2.96. The molecule has 1 amide bonds. The van der Waals surface area contributed by atoms with Gasteiger partial charge in [-0.25, -0.2) is 0 Å². The summed E-state index contributed by atoms with van der Waals surface area (Å²) >= 11 is 1.39. The lowest BCUT2D eigenvalue weighted by Gasteiger charge is -2.15. The summed E-state index contributed by atoms with van der Waals surface area (Å²) < 4.78 is 2.10. The van der Waals surface area contributed by atoms with E-state index in [1.807, 2.05) is 44.4 Å². The summed E-state index contributed by atoms with van der Waals surface area (Å²) in [4.78, 5) is 13.3. The second-order valence-corrected chi connectivity index (χ2v) is 6.48. The molecule has 1 heterocycles. The van der Waals surface area contributed by atoms with E-state index in [9.17, 15) is 4.79 Å². The molecule has 0 unspecified atom stereocenters. The molecule has 0 bridgehead atoms. The summed E-state index contributed by atoms with van der Waals surface area (Å²) in [6.45, 7) is 2.02. The lowest BCUT2D eigenvalue weighted by Crippen LogP contribution is -2.33. The lowest BCUT2D eigenvalue weighted by atomic mass is 10.1. The predicted octanol–water partition coefficient (Wildman–Crippen LogP) is 3.39. The number of rotatable bonds is 7. The third-order valence-corrected chi connectivity index (χ3v) is 4.63. The van der Waals surface area contributed by atoms with Gasteiger partial charge in [0, 0.05) is 29.9 Å². The van der Waals surface area contributed by atoms with Gasteiger partial charge < -0.3 is 9.88 Å². The molecule has 2 rings (SSSR count). The van der Waals surface area contributed by atoms with Crippen LogP contribution in [0.1, 0.15) is 29.4 Å². The minimum absolute atomic E-state index is 0.0783. The van der Waals surface area contributed by atoms with E-state index in [-0.39, 0.29) is 11.9 Å². The maximum atomic E-state index is 12.5. The maximum Gasteiger partial charge on any atom is 0.252 e. The average molecular weight is 327 g/mol. The van der Waals surface area contributed by atoms with Crippen molar-refractivity contribution in [3.05, 3.63) is 53.9 Å². The summed E-state index contributed by atoms with van der Waals surface area (Å²) in [5.74, 6) is 0.262. The highest BCUT2D eigenvalue weighted by atomic mass is 32.2. The number of nitrogens with zero attached hydrogens (tertiary/aromatic N) is 2. The molecule has 1 aromatic carbocycles. The van der Waals surface area contributed by atoms with Crippen molar-refractivity contribution in [2.24, 2.45) is 7.05 Å². The van der Waals surface area contributed by atoms with Crippen LogP contribution in [-0.4, -0.2) is 22.3 Å². The highest BCUT2D eigenvalue weighted by Crippen LogP contribution is 2.22. The Morgan fingerprint density at radius 3 is 2.83 bits per heavy atom. The van der Waals surface area contributed by atoms with Crippen LogP contribution in [0, 0.1) is 11.3 Å². The number of aryl methyl sites for hydroxylation is 2. The van der Waals surface area contributed by atoms with Crippen molar-refractivity contribution in [1.29, 1.82) is 5.26 Å². The standard InChI is InChI=1S/C18H21N3OS/c1-14(9-10-15-6-5-12-21(15)2)20-18(22)16-7-3-4-8-17(16)23-13-11-19/h3-8,12,14H,9-10,13H2,1-2H3,(H,20,22)/t14-/m0/s1. The number of carbonyl (C=O) groups is 1. The fourth-order valence-electron chi connectivity index (χ4n) is 2.38. The molecule has 0 spiro atoms. The van der Waals surface area contributed by atoms with Crippen molar-refractivity contribution in [2.45, 2.75) is 30.7 Å². The first-order chi connectivity index (χ1) is 11.1. The van der Waals surface area contributed by atoms with Crippen LogP contribution in [0.25, 0.3) is 0 Å². The quantitative estimate of drug-likeness (QED) is 0.793. The molecular formula is C18H21N3OS. The van der Waals surface area contributed by atoms with E-state index < -0.39 is 0 Å². The molecule has 0 fully saturated rings. The number of carbonyl (C=O) groups excluding carboxylic acids is 1. The van der Waals surface area contributed by atoms with Gasteiger partial charge in [-0.1, -0.05) is 12.1 Å². The number of aromatic nitrogens is 1. The number of hydrogen-bond donors (Lipinski definition) is 1. The Morgan fingerprint density at radius 2 is 2.13 bits per heavy atom. The predicted molar refractivity (Wildman–Crippen MR) is 93.4 cm³/mol. The van der Waals surface area contributed by atoms with Crippen molar-refractivity contribution in [3.63, 3.8) is 0 Å². The molecule has 0 saturated heterocycles. The Bertz CT molecular complexity index is 702. The maximum absolute atomic E-state index is 12.5. The van der Waals surface area contributed by atoms with Crippen LogP contribution in [0.4, 0.5) is 0 Å². The van der Waals surface area contributed by atoms with Gasteiger partial charge in [0.25, 0.3) is 5.91 Å². The van der Waals surface area contributed by atoms with Crippen LogP contribution < -0.4 is 5.32 Å². The molecule has 0 aliphatic heterocycles. The number of hydrogen-bond acceptors (Lipinski definition) is 3. The third kappa shape index (κ3) is 4.90. The second-order valence-electron chi connectivity index (χ2n) is 5.47. The summed E-state index contributed by atoms with van der Waals surface area (Å²) in [7, 11) is 2.03. The first-order valence-corrected chi connectivity index (χ1v) is 8.60. The van der Waals surface area contributed by atoms with Crippen LogP contribution in [-0.2, 0) is 13.5 Å². The van der Waals surface area contributed by atoms with Crippen LogP contribution in [0.2, 0.25) is 0 Å². The van der Waals surface area contributed by atoms with Gasteiger partial charge in [0.15, 0.2) is 0 Å². The van der Waals surface area contributed by atoms with E-state index >= 15 is 0 Å². The Kier molecular flexibility index (Phi) is 6.30. The Morgan fingerprint density at radius 1 is 1.35 bits per heavy atom. The fourth-order valence-corrected chi connectivity index (χ4v) is 3.10. The molecule has 0 saturated carbocycles. The summed E-state index contributed by atoms with van der Waals surface area (Å²) in [5, 5.41) is 11.8.